The van der Waals surface area contributed by atoms with Gasteiger partial charge in [0.15, 0.2) is 0 Å². The molecule has 144 valence electrons. The number of nitrogens with one attached hydrogen (secondary N) is 2. The Morgan fingerprint density at radius 3 is 2.78 bits per heavy atom. The van der Waals surface area contributed by atoms with Crippen LogP contribution >= 0.6 is 12.4 Å². The molecule has 1 saturated heterocycles. The number of fused-ring (bicyclic) bond motifs is 1. The van der Waals surface area contributed by atoms with Crippen LogP contribution in [0.1, 0.15) is 17.7 Å². The van der Waals surface area contributed by atoms with Crippen molar-refractivity contribution in [1.29, 1.82) is 0 Å². The van der Waals surface area contributed by atoms with E-state index in [2.05, 4.69) is 15.6 Å². The number of rotatable bonds is 5. The molecule has 0 bridgehead atoms. The largest absolute Gasteiger partial charge is 0.445 e. The number of aromatic nitrogens is 1. The van der Waals surface area contributed by atoms with Gasteiger partial charge in [-0.25, -0.2) is 9.18 Å². The highest BCUT2D eigenvalue weighted by Gasteiger charge is 2.67. The van der Waals surface area contributed by atoms with E-state index in [-0.39, 0.29) is 30.7 Å². The van der Waals surface area contributed by atoms with Crippen LogP contribution in [0.25, 0.3) is 0 Å². The van der Waals surface area contributed by atoms with Crippen LogP contribution in [0.4, 0.5) is 9.18 Å². The zero-order valence-corrected chi connectivity index (χ0v) is 15.7. The SMILES string of the molecule is Cl.O=C(NCC1(c2ncccc2F)C2CCNCC21)OCc1ccccc1. The number of hydrogen-bond donors (Lipinski definition) is 2. The molecule has 2 N–H and O–H groups in total. The van der Waals surface area contributed by atoms with Crippen molar-refractivity contribution in [2.75, 3.05) is 19.6 Å². The summed E-state index contributed by atoms with van der Waals surface area (Å²) in [5.41, 5.74) is 0.945. The first-order valence-electron chi connectivity index (χ1n) is 8.98. The number of nitrogens with zero attached hydrogens (tertiary/aromatic N) is 1. The van der Waals surface area contributed by atoms with Gasteiger partial charge in [-0.05, 0) is 49.0 Å². The molecule has 2 fully saturated rings. The second-order valence-electron chi connectivity index (χ2n) is 7.00. The van der Waals surface area contributed by atoms with Crippen molar-refractivity contribution in [2.24, 2.45) is 11.8 Å². The lowest BCUT2D eigenvalue weighted by Crippen LogP contribution is -2.36. The maximum absolute atomic E-state index is 14.4. The molecule has 3 atom stereocenters. The Bertz CT molecular complexity index is 778. The number of piperidine rings is 1. The molecule has 1 aliphatic heterocycles. The maximum Gasteiger partial charge on any atom is 0.407 e. The summed E-state index contributed by atoms with van der Waals surface area (Å²) in [6.45, 7) is 2.29. The van der Waals surface area contributed by atoms with E-state index in [0.29, 0.717) is 18.2 Å². The van der Waals surface area contributed by atoms with Crippen molar-refractivity contribution in [1.82, 2.24) is 15.6 Å². The summed E-state index contributed by atoms with van der Waals surface area (Å²) in [6.07, 6.45) is 2.09. The number of halogens is 2. The first-order chi connectivity index (χ1) is 12.7. The summed E-state index contributed by atoms with van der Waals surface area (Å²) >= 11 is 0. The highest BCUT2D eigenvalue weighted by Crippen LogP contribution is 2.61. The van der Waals surface area contributed by atoms with Crippen LogP contribution in [-0.2, 0) is 16.8 Å². The van der Waals surface area contributed by atoms with Gasteiger partial charge < -0.3 is 15.4 Å². The Balaban J connectivity index is 0.00000210. The third-order valence-electron chi connectivity index (χ3n) is 5.63. The summed E-state index contributed by atoms with van der Waals surface area (Å²) in [7, 11) is 0. The van der Waals surface area contributed by atoms with Crippen LogP contribution in [0.5, 0.6) is 0 Å². The number of hydrogen-bond acceptors (Lipinski definition) is 4. The number of alkyl carbamates (subject to hydrolysis) is 1. The van der Waals surface area contributed by atoms with Crippen molar-refractivity contribution in [3.05, 3.63) is 65.7 Å². The van der Waals surface area contributed by atoms with Gasteiger partial charge >= 0.3 is 6.09 Å². The molecule has 2 heterocycles. The first-order valence-corrected chi connectivity index (χ1v) is 8.98. The van der Waals surface area contributed by atoms with Crippen LogP contribution in [-0.4, -0.2) is 30.7 Å². The molecule has 2 aliphatic rings. The van der Waals surface area contributed by atoms with E-state index >= 15 is 0 Å². The smallest absolute Gasteiger partial charge is 0.407 e. The van der Waals surface area contributed by atoms with E-state index < -0.39 is 11.5 Å². The highest BCUT2D eigenvalue weighted by atomic mass is 35.5. The molecule has 1 aromatic heterocycles. The highest BCUT2D eigenvalue weighted by molar-refractivity contribution is 5.85. The van der Waals surface area contributed by atoms with Crippen LogP contribution < -0.4 is 10.6 Å². The Labute approximate surface area is 164 Å². The molecule has 7 heteroatoms. The second-order valence-corrected chi connectivity index (χ2v) is 7.00. The first kappa shape index (κ1) is 19.6. The molecule has 4 rings (SSSR count). The fourth-order valence-corrected chi connectivity index (χ4v) is 4.32. The van der Waals surface area contributed by atoms with Gasteiger partial charge in [-0.3, -0.25) is 4.98 Å². The van der Waals surface area contributed by atoms with E-state index in [1.54, 1.807) is 12.3 Å². The number of benzene rings is 1. The van der Waals surface area contributed by atoms with E-state index in [4.69, 9.17) is 4.74 Å². The molecule has 2 aromatic rings. The van der Waals surface area contributed by atoms with Gasteiger partial charge in [-0.15, -0.1) is 12.4 Å². The van der Waals surface area contributed by atoms with Crippen molar-refractivity contribution >= 4 is 18.5 Å². The monoisotopic (exact) mass is 391 g/mol. The van der Waals surface area contributed by atoms with Crippen LogP contribution in [0.15, 0.2) is 48.7 Å². The van der Waals surface area contributed by atoms with Gasteiger partial charge in [-0.2, -0.15) is 0 Å². The number of amides is 1. The van der Waals surface area contributed by atoms with Gasteiger partial charge in [0.25, 0.3) is 0 Å². The zero-order chi connectivity index (χ0) is 18.0. The normalized spacial score (nSPS) is 25.7. The molecule has 0 spiro atoms. The zero-order valence-electron chi connectivity index (χ0n) is 14.9. The van der Waals surface area contributed by atoms with E-state index in [1.807, 2.05) is 30.3 Å². The number of carbonyl (C=O) groups is 1. The lowest BCUT2D eigenvalue weighted by molar-refractivity contribution is 0.138. The maximum atomic E-state index is 14.4. The van der Waals surface area contributed by atoms with Gasteiger partial charge in [0, 0.05) is 18.2 Å². The number of ether oxygens (including phenoxy) is 1. The molecular formula is C20H23ClFN3O2. The number of carbonyl (C=O) groups excluding carboxylic acids is 1. The molecule has 1 amide bonds. The van der Waals surface area contributed by atoms with Crippen molar-refractivity contribution < 1.29 is 13.9 Å². The second kappa shape index (κ2) is 8.23. The van der Waals surface area contributed by atoms with Crippen LogP contribution in [0.3, 0.4) is 0 Å². The quantitative estimate of drug-likeness (QED) is 0.822. The molecule has 5 nitrogen and oxygen atoms in total. The standard InChI is InChI=1S/C20H22FN3O2.ClH/c21-17-7-4-9-23-18(17)20(15-8-10-22-11-16(15)20)13-24-19(25)26-12-14-5-2-1-3-6-14;/h1-7,9,15-16,22H,8,10-13H2,(H,24,25);1H. The minimum atomic E-state index is -0.485. The average molecular weight is 392 g/mol. The van der Waals surface area contributed by atoms with E-state index in [9.17, 15) is 9.18 Å². The number of pyridine rings is 1. The van der Waals surface area contributed by atoms with E-state index in [0.717, 1.165) is 25.1 Å². The minimum absolute atomic E-state index is 0. The molecule has 27 heavy (non-hydrogen) atoms. The van der Waals surface area contributed by atoms with Gasteiger partial charge in [-0.1, -0.05) is 30.3 Å². The van der Waals surface area contributed by atoms with Crippen LogP contribution in [0.2, 0.25) is 0 Å². The Morgan fingerprint density at radius 2 is 2.07 bits per heavy atom. The van der Waals surface area contributed by atoms with Gasteiger partial charge in [0.1, 0.15) is 12.4 Å². The molecular weight excluding hydrogens is 369 g/mol. The fourth-order valence-electron chi connectivity index (χ4n) is 4.32. The summed E-state index contributed by atoms with van der Waals surface area (Å²) in [5, 5.41) is 6.20. The Hall–Kier alpha value is -2.18. The molecule has 0 radical (unpaired) electrons. The Morgan fingerprint density at radius 1 is 1.26 bits per heavy atom. The third kappa shape index (κ3) is 3.77. The lowest BCUT2D eigenvalue weighted by atomic mass is 9.95. The third-order valence-corrected chi connectivity index (χ3v) is 5.63. The van der Waals surface area contributed by atoms with Crippen molar-refractivity contribution in [3.8, 4) is 0 Å². The summed E-state index contributed by atoms with van der Waals surface area (Å²) in [5.74, 6) is 0.319. The fraction of sp³-hybridized carbons (Fsp3) is 0.400. The van der Waals surface area contributed by atoms with Crippen LogP contribution in [0, 0.1) is 17.7 Å². The molecule has 3 unspecified atom stereocenters. The van der Waals surface area contributed by atoms with Gasteiger partial charge in [0.05, 0.1) is 5.69 Å². The summed E-state index contributed by atoms with van der Waals surface area (Å²) in [6, 6.07) is 12.6. The Kier molecular flexibility index (Phi) is 5.97. The van der Waals surface area contributed by atoms with E-state index in [1.165, 1.54) is 6.07 Å². The molecule has 1 saturated carbocycles. The van der Waals surface area contributed by atoms with Crippen molar-refractivity contribution in [2.45, 2.75) is 18.4 Å². The summed E-state index contributed by atoms with van der Waals surface area (Å²) in [4.78, 5) is 16.5. The molecule has 1 aromatic carbocycles. The van der Waals surface area contributed by atoms with Crippen molar-refractivity contribution in [3.63, 3.8) is 0 Å². The topological polar surface area (TPSA) is 63.2 Å². The predicted molar refractivity (Wildman–Crippen MR) is 102 cm³/mol. The minimum Gasteiger partial charge on any atom is -0.445 e. The average Bonchev–Trinajstić information content (AvgIpc) is 3.34. The summed E-state index contributed by atoms with van der Waals surface area (Å²) < 4.78 is 19.7. The predicted octanol–water partition coefficient (Wildman–Crippen LogP) is 3.05. The lowest BCUT2D eigenvalue weighted by Gasteiger charge is -2.19. The van der Waals surface area contributed by atoms with Gasteiger partial charge in [0.2, 0.25) is 0 Å². The molecule has 1 aliphatic carbocycles.